The number of fused-ring (bicyclic) bond motifs is 1. The van der Waals surface area contributed by atoms with E-state index in [4.69, 9.17) is 9.84 Å². The van der Waals surface area contributed by atoms with E-state index in [1.54, 1.807) is 13.0 Å². The lowest BCUT2D eigenvalue weighted by Gasteiger charge is -2.23. The number of aliphatic carboxylic acids is 1. The van der Waals surface area contributed by atoms with Crippen molar-refractivity contribution in [1.29, 1.82) is 0 Å². The van der Waals surface area contributed by atoms with Gasteiger partial charge in [0, 0.05) is 0 Å². The molecular formula is C11H11FO3. The average Bonchev–Trinajstić information content (AvgIpc) is 2.19. The van der Waals surface area contributed by atoms with E-state index in [0.717, 1.165) is 5.56 Å². The van der Waals surface area contributed by atoms with Crippen molar-refractivity contribution in [2.75, 3.05) is 0 Å². The second kappa shape index (κ2) is 3.53. The lowest BCUT2D eigenvalue weighted by Crippen LogP contribution is -2.30. The molecule has 1 atom stereocenters. The molecule has 1 aliphatic rings. The van der Waals surface area contributed by atoms with Gasteiger partial charge >= 0.3 is 5.97 Å². The maximum absolute atomic E-state index is 13.2. The summed E-state index contributed by atoms with van der Waals surface area (Å²) in [5.74, 6) is -0.749. The van der Waals surface area contributed by atoms with Crippen molar-refractivity contribution in [2.24, 2.45) is 0 Å². The molecular weight excluding hydrogens is 199 g/mol. The first-order valence-corrected chi connectivity index (χ1v) is 4.76. The Labute approximate surface area is 86.5 Å². The third-order valence-corrected chi connectivity index (χ3v) is 2.56. The minimum Gasteiger partial charge on any atom is -0.479 e. The van der Waals surface area contributed by atoms with Crippen LogP contribution in [0.5, 0.6) is 5.75 Å². The number of benzene rings is 1. The average molecular weight is 210 g/mol. The van der Waals surface area contributed by atoms with Gasteiger partial charge < -0.3 is 9.84 Å². The number of carboxylic acids is 1. The van der Waals surface area contributed by atoms with Crippen LogP contribution in [0, 0.1) is 12.7 Å². The fraction of sp³-hybridized carbons (Fsp3) is 0.364. The molecule has 0 spiro atoms. The highest BCUT2D eigenvalue weighted by atomic mass is 19.1. The van der Waals surface area contributed by atoms with Crippen LogP contribution in [-0.2, 0) is 11.2 Å². The van der Waals surface area contributed by atoms with Gasteiger partial charge in [0.15, 0.2) is 6.10 Å². The summed E-state index contributed by atoms with van der Waals surface area (Å²) in [5, 5.41) is 8.79. The summed E-state index contributed by atoms with van der Waals surface area (Å²) in [6.45, 7) is 1.63. The summed E-state index contributed by atoms with van der Waals surface area (Å²) >= 11 is 0. The maximum atomic E-state index is 13.2. The molecule has 2 rings (SSSR count). The molecule has 1 aliphatic heterocycles. The molecule has 1 unspecified atom stereocenters. The Kier molecular flexibility index (Phi) is 2.34. The molecule has 15 heavy (non-hydrogen) atoms. The zero-order valence-corrected chi connectivity index (χ0v) is 8.29. The number of hydrogen-bond donors (Lipinski definition) is 1. The van der Waals surface area contributed by atoms with E-state index in [1.807, 2.05) is 0 Å². The standard InChI is InChI=1S/C11H11FO3/c1-6-4-10-7(5-8(6)12)2-3-9(15-10)11(13)14/h4-5,9H,2-3H2,1H3,(H,13,14). The summed E-state index contributed by atoms with van der Waals surface area (Å²) < 4.78 is 18.5. The van der Waals surface area contributed by atoms with E-state index in [-0.39, 0.29) is 5.82 Å². The van der Waals surface area contributed by atoms with Crippen LogP contribution in [0.15, 0.2) is 12.1 Å². The largest absolute Gasteiger partial charge is 0.479 e. The van der Waals surface area contributed by atoms with Crippen LogP contribution < -0.4 is 4.74 Å². The Bertz CT molecular complexity index is 415. The van der Waals surface area contributed by atoms with Crippen molar-refractivity contribution < 1.29 is 19.0 Å². The van der Waals surface area contributed by atoms with Gasteiger partial charge in [0.25, 0.3) is 0 Å². The molecule has 0 saturated heterocycles. The van der Waals surface area contributed by atoms with Gasteiger partial charge in [-0.25, -0.2) is 9.18 Å². The Morgan fingerprint density at radius 1 is 1.60 bits per heavy atom. The van der Waals surface area contributed by atoms with Crippen LogP contribution in [-0.4, -0.2) is 17.2 Å². The highest BCUT2D eigenvalue weighted by molar-refractivity contribution is 5.73. The maximum Gasteiger partial charge on any atom is 0.344 e. The molecule has 0 saturated carbocycles. The highest BCUT2D eigenvalue weighted by Gasteiger charge is 2.26. The van der Waals surface area contributed by atoms with E-state index in [9.17, 15) is 9.18 Å². The molecule has 1 aromatic carbocycles. The number of carbonyl (C=O) groups is 1. The van der Waals surface area contributed by atoms with Gasteiger partial charge in [-0.1, -0.05) is 0 Å². The Hall–Kier alpha value is -1.58. The van der Waals surface area contributed by atoms with Gasteiger partial charge in [0.2, 0.25) is 0 Å². The Morgan fingerprint density at radius 3 is 3.00 bits per heavy atom. The van der Waals surface area contributed by atoms with Gasteiger partial charge in [-0.2, -0.15) is 0 Å². The number of halogens is 1. The molecule has 4 heteroatoms. The predicted molar refractivity (Wildman–Crippen MR) is 51.5 cm³/mol. The van der Waals surface area contributed by atoms with Gasteiger partial charge in [0.1, 0.15) is 11.6 Å². The predicted octanol–water partition coefficient (Wildman–Crippen LogP) is 1.91. The topological polar surface area (TPSA) is 46.5 Å². The molecule has 0 amide bonds. The van der Waals surface area contributed by atoms with Crippen molar-refractivity contribution in [3.63, 3.8) is 0 Å². The second-order valence-corrected chi connectivity index (χ2v) is 3.69. The lowest BCUT2D eigenvalue weighted by atomic mass is 10.0. The third-order valence-electron chi connectivity index (χ3n) is 2.56. The Balaban J connectivity index is 2.34. The number of ether oxygens (including phenoxy) is 1. The van der Waals surface area contributed by atoms with Crippen LogP contribution in [0.25, 0.3) is 0 Å². The molecule has 0 bridgehead atoms. The minimum atomic E-state index is -0.970. The summed E-state index contributed by atoms with van der Waals surface area (Å²) in [6, 6.07) is 2.97. The van der Waals surface area contributed by atoms with Crippen LogP contribution in [0.3, 0.4) is 0 Å². The first-order chi connectivity index (χ1) is 7.08. The first kappa shape index (κ1) is 9.96. The smallest absolute Gasteiger partial charge is 0.344 e. The van der Waals surface area contributed by atoms with Crippen LogP contribution in [0.2, 0.25) is 0 Å². The molecule has 1 N–H and O–H groups in total. The number of hydrogen-bond acceptors (Lipinski definition) is 2. The summed E-state index contributed by atoms with van der Waals surface area (Å²) in [4.78, 5) is 10.7. The van der Waals surface area contributed by atoms with Crippen LogP contribution in [0.1, 0.15) is 17.5 Å². The SMILES string of the molecule is Cc1cc2c(cc1F)CCC(C(=O)O)O2. The fourth-order valence-electron chi connectivity index (χ4n) is 1.67. The van der Waals surface area contributed by atoms with Crippen molar-refractivity contribution >= 4 is 5.97 Å². The zero-order valence-electron chi connectivity index (χ0n) is 8.29. The second-order valence-electron chi connectivity index (χ2n) is 3.69. The molecule has 1 aromatic rings. The van der Waals surface area contributed by atoms with E-state index < -0.39 is 12.1 Å². The number of rotatable bonds is 1. The first-order valence-electron chi connectivity index (χ1n) is 4.76. The van der Waals surface area contributed by atoms with Crippen molar-refractivity contribution in [3.8, 4) is 5.75 Å². The monoisotopic (exact) mass is 210 g/mol. The third kappa shape index (κ3) is 1.79. The van der Waals surface area contributed by atoms with Crippen LogP contribution >= 0.6 is 0 Å². The highest BCUT2D eigenvalue weighted by Crippen LogP contribution is 2.29. The number of aryl methyl sites for hydroxylation is 2. The summed E-state index contributed by atoms with van der Waals surface area (Å²) in [7, 11) is 0. The van der Waals surface area contributed by atoms with Crippen molar-refractivity contribution in [3.05, 3.63) is 29.1 Å². The van der Waals surface area contributed by atoms with Gasteiger partial charge in [-0.15, -0.1) is 0 Å². The van der Waals surface area contributed by atoms with Crippen molar-refractivity contribution in [1.82, 2.24) is 0 Å². The number of carboxylic acid groups (broad SMARTS) is 1. The quantitative estimate of drug-likeness (QED) is 0.770. The molecule has 80 valence electrons. The molecule has 0 radical (unpaired) electrons. The Morgan fingerprint density at radius 2 is 2.33 bits per heavy atom. The van der Waals surface area contributed by atoms with Gasteiger partial charge in [-0.05, 0) is 43.0 Å². The van der Waals surface area contributed by atoms with E-state index in [2.05, 4.69) is 0 Å². The van der Waals surface area contributed by atoms with Crippen molar-refractivity contribution in [2.45, 2.75) is 25.9 Å². The zero-order chi connectivity index (χ0) is 11.0. The minimum absolute atomic E-state index is 0.272. The van der Waals surface area contributed by atoms with E-state index >= 15 is 0 Å². The van der Waals surface area contributed by atoms with Crippen LogP contribution in [0.4, 0.5) is 4.39 Å². The molecule has 0 fully saturated rings. The van der Waals surface area contributed by atoms with E-state index in [0.29, 0.717) is 24.2 Å². The fourth-order valence-corrected chi connectivity index (χ4v) is 1.67. The molecule has 0 aliphatic carbocycles. The summed E-state index contributed by atoms with van der Waals surface area (Å²) in [6.07, 6.45) is 0.135. The van der Waals surface area contributed by atoms with Gasteiger partial charge in [0.05, 0.1) is 0 Å². The lowest BCUT2D eigenvalue weighted by molar-refractivity contribution is -0.145. The molecule has 3 nitrogen and oxygen atoms in total. The van der Waals surface area contributed by atoms with E-state index in [1.165, 1.54) is 6.07 Å². The summed E-state index contributed by atoms with van der Waals surface area (Å²) in [5.41, 5.74) is 1.22. The normalized spacial score (nSPS) is 19.2. The molecule has 1 heterocycles. The molecule has 0 aromatic heterocycles. The van der Waals surface area contributed by atoms with Gasteiger partial charge in [-0.3, -0.25) is 0 Å².